The average Bonchev–Trinajstić information content (AvgIpc) is 3.08. The molecule has 3 heterocycles. The Morgan fingerprint density at radius 3 is 3.11 bits per heavy atom. The van der Waals surface area contributed by atoms with E-state index in [1.165, 1.54) is 19.3 Å². The van der Waals surface area contributed by atoms with Gasteiger partial charge in [0, 0.05) is 0 Å². The second-order valence-electron chi connectivity index (χ2n) is 4.74. The first-order chi connectivity index (χ1) is 9.40. The molecule has 1 unspecified atom stereocenters. The minimum Gasteiger partial charge on any atom is -0.249 e. The summed E-state index contributed by atoms with van der Waals surface area (Å²) >= 11 is 1.63. The zero-order valence-corrected chi connectivity index (χ0v) is 11.0. The van der Waals surface area contributed by atoms with E-state index in [-0.39, 0.29) is 0 Å². The van der Waals surface area contributed by atoms with Crippen molar-refractivity contribution in [2.75, 3.05) is 0 Å². The van der Waals surface area contributed by atoms with Crippen molar-refractivity contribution in [2.24, 2.45) is 4.99 Å². The first-order valence-electron chi connectivity index (χ1n) is 6.35. The van der Waals surface area contributed by atoms with Gasteiger partial charge >= 0.3 is 0 Å². The van der Waals surface area contributed by atoms with E-state index in [0.717, 1.165) is 16.4 Å². The van der Waals surface area contributed by atoms with Crippen LogP contribution in [0.2, 0.25) is 0 Å². The van der Waals surface area contributed by atoms with Crippen molar-refractivity contribution in [3.63, 3.8) is 0 Å². The number of rotatable bonds is 3. The highest BCUT2D eigenvalue weighted by molar-refractivity contribution is 7.12. The Balaban J connectivity index is 1.55. The molecule has 1 fully saturated rings. The molecule has 0 radical (unpaired) electrons. The number of hydroxylamine groups is 1. The van der Waals surface area contributed by atoms with Crippen molar-refractivity contribution in [2.45, 2.75) is 31.5 Å². The van der Waals surface area contributed by atoms with E-state index in [9.17, 15) is 0 Å². The monoisotopic (exact) mass is 275 g/mol. The third-order valence-corrected chi connectivity index (χ3v) is 4.37. The predicted octanol–water partition coefficient (Wildman–Crippen LogP) is 2.04. The van der Waals surface area contributed by atoms with Gasteiger partial charge in [-0.3, -0.25) is 0 Å². The van der Waals surface area contributed by atoms with E-state index in [0.29, 0.717) is 6.04 Å². The van der Waals surface area contributed by atoms with E-state index in [4.69, 9.17) is 4.84 Å². The lowest BCUT2D eigenvalue weighted by molar-refractivity contribution is 0.0350. The largest absolute Gasteiger partial charge is 0.249 e. The second-order valence-corrected chi connectivity index (χ2v) is 5.68. The summed E-state index contributed by atoms with van der Waals surface area (Å²) in [6.07, 6.45) is 5.21. The smallest absolute Gasteiger partial charge is 0.222 e. The summed E-state index contributed by atoms with van der Waals surface area (Å²) in [4.78, 5) is 11.0. The van der Waals surface area contributed by atoms with Gasteiger partial charge in [0.25, 0.3) is 0 Å². The molecule has 0 bridgehead atoms. The maximum atomic E-state index is 5.46. The fourth-order valence-electron chi connectivity index (χ4n) is 2.17. The molecule has 0 amide bonds. The molecule has 98 valence electrons. The minimum atomic E-state index is -0.397. The van der Waals surface area contributed by atoms with E-state index in [1.807, 2.05) is 28.4 Å². The minimum absolute atomic E-state index is 0.397. The van der Waals surface area contributed by atoms with Gasteiger partial charge in [0.15, 0.2) is 5.84 Å². The molecular weight excluding hydrogens is 262 g/mol. The molecule has 2 aromatic heterocycles. The van der Waals surface area contributed by atoms with Gasteiger partial charge < -0.3 is 0 Å². The summed E-state index contributed by atoms with van der Waals surface area (Å²) in [5.74, 6) is 0.762. The molecule has 6 nitrogen and oxygen atoms in total. The van der Waals surface area contributed by atoms with Crippen LogP contribution in [-0.4, -0.2) is 20.8 Å². The summed E-state index contributed by atoms with van der Waals surface area (Å²) in [5, 5.41) is 10.3. The molecule has 1 saturated carbocycles. The van der Waals surface area contributed by atoms with Crippen LogP contribution >= 0.6 is 11.3 Å². The topological polar surface area (TPSA) is 64.3 Å². The fraction of sp³-hybridized carbons (Fsp3) is 0.417. The number of aromatic nitrogens is 3. The Kier molecular flexibility index (Phi) is 2.59. The van der Waals surface area contributed by atoms with E-state index < -0.39 is 6.23 Å². The molecule has 19 heavy (non-hydrogen) atoms. The van der Waals surface area contributed by atoms with E-state index >= 15 is 0 Å². The van der Waals surface area contributed by atoms with Crippen molar-refractivity contribution in [3.8, 4) is 0 Å². The Morgan fingerprint density at radius 1 is 1.42 bits per heavy atom. The van der Waals surface area contributed by atoms with Crippen molar-refractivity contribution in [1.29, 1.82) is 0 Å². The zero-order valence-electron chi connectivity index (χ0n) is 10.2. The number of thiophene rings is 1. The number of nitrogens with one attached hydrogen (secondary N) is 1. The SMILES string of the molecule is c1csc(C2=NC(c3cn(C4CCC4)nn3)ON2)c1. The average molecular weight is 275 g/mol. The summed E-state index contributed by atoms with van der Waals surface area (Å²) in [7, 11) is 0. The molecule has 1 atom stereocenters. The summed E-state index contributed by atoms with van der Waals surface area (Å²) < 4.78 is 1.93. The molecule has 0 saturated heterocycles. The van der Waals surface area contributed by atoms with Crippen molar-refractivity contribution < 1.29 is 4.84 Å². The molecule has 1 aliphatic carbocycles. The molecule has 0 aromatic carbocycles. The molecule has 1 aliphatic heterocycles. The predicted molar refractivity (Wildman–Crippen MR) is 70.7 cm³/mol. The molecule has 7 heteroatoms. The van der Waals surface area contributed by atoms with Gasteiger partial charge in [0.1, 0.15) is 5.69 Å². The lowest BCUT2D eigenvalue weighted by Crippen LogP contribution is -2.17. The lowest BCUT2D eigenvalue weighted by Gasteiger charge is -2.24. The number of hydrogen-bond donors (Lipinski definition) is 1. The number of nitrogens with zero attached hydrogens (tertiary/aromatic N) is 4. The van der Waals surface area contributed by atoms with Crippen molar-refractivity contribution >= 4 is 17.2 Å². The lowest BCUT2D eigenvalue weighted by atomic mass is 9.93. The second kappa shape index (κ2) is 4.43. The molecule has 4 rings (SSSR count). The Labute approximate surface area is 114 Å². The highest BCUT2D eigenvalue weighted by atomic mass is 32.1. The van der Waals surface area contributed by atoms with Crippen LogP contribution in [0.15, 0.2) is 28.7 Å². The molecule has 1 N–H and O–H groups in total. The number of amidine groups is 1. The van der Waals surface area contributed by atoms with E-state index in [1.54, 1.807) is 11.3 Å². The summed E-state index contributed by atoms with van der Waals surface area (Å²) in [6, 6.07) is 4.51. The third-order valence-electron chi connectivity index (χ3n) is 3.50. The fourth-order valence-corrected chi connectivity index (χ4v) is 2.84. The highest BCUT2D eigenvalue weighted by Gasteiger charge is 2.26. The standard InChI is InChI=1S/C12H13N5OS/c1-3-8(4-1)17-7-9(14-16-17)12-13-11(15-18-12)10-5-2-6-19-10/h2,5-8,12H,1,3-4H2,(H,13,15). The third kappa shape index (κ3) is 1.95. The highest BCUT2D eigenvalue weighted by Crippen LogP contribution is 2.31. The zero-order chi connectivity index (χ0) is 12.7. The molecule has 2 aliphatic rings. The van der Waals surface area contributed by atoms with Crippen LogP contribution in [0.4, 0.5) is 0 Å². The molecule has 0 spiro atoms. The van der Waals surface area contributed by atoms with Crippen LogP contribution in [0.25, 0.3) is 0 Å². The van der Waals surface area contributed by atoms with Crippen LogP contribution in [0.1, 0.15) is 42.1 Å². The quantitative estimate of drug-likeness (QED) is 0.931. The Bertz CT molecular complexity index is 601. The summed E-state index contributed by atoms with van der Waals surface area (Å²) in [5.41, 5.74) is 3.61. The van der Waals surface area contributed by atoms with Gasteiger partial charge in [-0.2, -0.15) is 0 Å². The number of hydrogen-bond acceptors (Lipinski definition) is 6. The maximum absolute atomic E-state index is 5.46. The Hall–Kier alpha value is -1.73. The van der Waals surface area contributed by atoms with Gasteiger partial charge in [0.05, 0.1) is 17.1 Å². The van der Waals surface area contributed by atoms with Crippen molar-refractivity contribution in [1.82, 2.24) is 20.5 Å². The summed E-state index contributed by atoms with van der Waals surface area (Å²) in [6.45, 7) is 0. The number of aliphatic imine (C=N–C) groups is 1. The van der Waals surface area contributed by atoms with Gasteiger partial charge in [-0.1, -0.05) is 11.3 Å². The van der Waals surface area contributed by atoms with Crippen LogP contribution < -0.4 is 5.48 Å². The van der Waals surface area contributed by atoms with E-state index in [2.05, 4.69) is 20.8 Å². The normalized spacial score (nSPS) is 22.9. The molecular formula is C12H13N5OS. The van der Waals surface area contributed by atoms with Gasteiger partial charge in [-0.05, 0) is 30.7 Å². The first-order valence-corrected chi connectivity index (χ1v) is 7.23. The maximum Gasteiger partial charge on any atom is 0.222 e. The Morgan fingerprint density at radius 2 is 2.37 bits per heavy atom. The van der Waals surface area contributed by atoms with Gasteiger partial charge in [-0.15, -0.1) is 16.4 Å². The van der Waals surface area contributed by atoms with Crippen LogP contribution in [0, 0.1) is 0 Å². The van der Waals surface area contributed by atoms with Crippen LogP contribution in [0.5, 0.6) is 0 Å². The van der Waals surface area contributed by atoms with Crippen molar-refractivity contribution in [3.05, 3.63) is 34.3 Å². The molecule has 2 aromatic rings. The van der Waals surface area contributed by atoms with Gasteiger partial charge in [0.2, 0.25) is 6.23 Å². The van der Waals surface area contributed by atoms with Crippen LogP contribution in [0.3, 0.4) is 0 Å². The van der Waals surface area contributed by atoms with Gasteiger partial charge in [-0.25, -0.2) is 20.0 Å². The van der Waals surface area contributed by atoms with Crippen LogP contribution in [-0.2, 0) is 4.84 Å². The first kappa shape index (κ1) is 11.1.